The van der Waals surface area contributed by atoms with Crippen molar-refractivity contribution in [2.45, 2.75) is 13.8 Å². The predicted octanol–water partition coefficient (Wildman–Crippen LogP) is 1.23. The first-order valence-electron chi connectivity index (χ1n) is 2.23. The molecule has 0 heterocycles. The van der Waals surface area contributed by atoms with Crippen molar-refractivity contribution >= 4 is 34.5 Å². The molecule has 0 bridgehead atoms. The Morgan fingerprint density at radius 2 is 1.00 bits per heavy atom. The van der Waals surface area contributed by atoms with E-state index < -0.39 is 11.9 Å². The lowest BCUT2D eigenvalue weighted by atomic mass is 10.9. The van der Waals surface area contributed by atoms with E-state index in [9.17, 15) is 0 Å². The van der Waals surface area contributed by atoms with Gasteiger partial charge in [-0.05, 0) is 4.93 Å². The largest absolute Gasteiger partial charge is 0.481 e. The average Bonchev–Trinajstić information content (AvgIpc) is 1.66. The summed E-state index contributed by atoms with van der Waals surface area (Å²) < 4.78 is 0. The highest BCUT2D eigenvalue weighted by Crippen LogP contribution is 1.48. The molecule has 0 aliphatic carbocycles. The van der Waals surface area contributed by atoms with Crippen LogP contribution in [0, 0.1) is 0 Å². The minimum absolute atomic E-state index is 0.833. The number of aliphatic carboxylic acids is 2. The standard InChI is InChI=1S/2C2H4O2.CH3I/c2*1-2(3)4;1-2/h2*1H3,(H,3,4);1H3. The second kappa shape index (κ2) is 15.9. The number of hydrogen-bond acceptors (Lipinski definition) is 2. The number of rotatable bonds is 0. The average molecular weight is 262 g/mol. The molecule has 4 nitrogen and oxygen atoms in total. The lowest BCUT2D eigenvalue weighted by Crippen LogP contribution is -1.78. The van der Waals surface area contributed by atoms with Gasteiger partial charge in [-0.2, -0.15) is 0 Å². The van der Waals surface area contributed by atoms with Crippen LogP contribution in [0.2, 0.25) is 0 Å². The third-order valence-corrected chi connectivity index (χ3v) is 0. The molecule has 0 saturated heterocycles. The third kappa shape index (κ3) is 3130. The van der Waals surface area contributed by atoms with Gasteiger partial charge in [0.15, 0.2) is 0 Å². The highest BCUT2D eigenvalue weighted by molar-refractivity contribution is 14.1. The SMILES string of the molecule is CC(=O)O.CC(=O)O.CI. The molecule has 0 rings (SSSR count). The molecule has 0 radical (unpaired) electrons. The van der Waals surface area contributed by atoms with Crippen molar-refractivity contribution in [2.24, 2.45) is 0 Å². The number of carboxylic acids is 2. The predicted molar refractivity (Wildman–Crippen MR) is 46.6 cm³/mol. The van der Waals surface area contributed by atoms with Gasteiger partial charge in [0.05, 0.1) is 0 Å². The van der Waals surface area contributed by atoms with Crippen molar-refractivity contribution in [2.75, 3.05) is 4.93 Å². The van der Waals surface area contributed by atoms with E-state index in [1.54, 1.807) is 0 Å². The van der Waals surface area contributed by atoms with Crippen LogP contribution in [0.25, 0.3) is 0 Å². The van der Waals surface area contributed by atoms with E-state index in [1.165, 1.54) is 0 Å². The van der Waals surface area contributed by atoms with Gasteiger partial charge in [0, 0.05) is 13.8 Å². The van der Waals surface area contributed by atoms with Gasteiger partial charge in [-0.1, -0.05) is 22.6 Å². The lowest BCUT2D eigenvalue weighted by molar-refractivity contribution is -0.135. The van der Waals surface area contributed by atoms with Gasteiger partial charge in [-0.25, -0.2) is 0 Å². The van der Waals surface area contributed by atoms with E-state index in [-0.39, 0.29) is 0 Å². The van der Waals surface area contributed by atoms with Crippen LogP contribution in [-0.4, -0.2) is 27.1 Å². The topological polar surface area (TPSA) is 74.6 Å². The molecular weight excluding hydrogens is 251 g/mol. The van der Waals surface area contributed by atoms with Crippen molar-refractivity contribution < 1.29 is 19.8 Å². The number of carbonyl (C=O) groups is 2. The molecule has 0 aliphatic rings. The number of halogens is 1. The van der Waals surface area contributed by atoms with Crippen LogP contribution in [0.3, 0.4) is 0 Å². The smallest absolute Gasteiger partial charge is 0.300 e. The van der Waals surface area contributed by atoms with E-state index in [4.69, 9.17) is 19.8 Å². The lowest BCUT2D eigenvalue weighted by Gasteiger charge is -1.59. The Balaban J connectivity index is -0.0000000787. The summed E-state index contributed by atoms with van der Waals surface area (Å²) >= 11 is 2.15. The molecule has 0 amide bonds. The van der Waals surface area contributed by atoms with Gasteiger partial charge in [0.1, 0.15) is 0 Å². The van der Waals surface area contributed by atoms with Gasteiger partial charge in [0.2, 0.25) is 0 Å². The maximum absolute atomic E-state index is 9.00. The van der Waals surface area contributed by atoms with Gasteiger partial charge in [-0.3, -0.25) is 9.59 Å². The fourth-order valence-electron chi connectivity index (χ4n) is 0. The highest BCUT2D eigenvalue weighted by Gasteiger charge is 1.65. The number of carboxylic acid groups (broad SMARTS) is 2. The van der Waals surface area contributed by atoms with Crippen LogP contribution in [0.4, 0.5) is 0 Å². The summed E-state index contributed by atoms with van der Waals surface area (Å²) in [6.07, 6.45) is 0. The van der Waals surface area contributed by atoms with E-state index in [0.29, 0.717) is 0 Å². The molecular formula is C5H11IO4. The highest BCUT2D eigenvalue weighted by atomic mass is 127. The first-order chi connectivity index (χ1) is 4.46. The summed E-state index contributed by atoms with van der Waals surface area (Å²) in [5.41, 5.74) is 0. The van der Waals surface area contributed by atoms with Gasteiger partial charge < -0.3 is 10.2 Å². The summed E-state index contributed by atoms with van der Waals surface area (Å²) in [5, 5.41) is 14.8. The zero-order valence-corrected chi connectivity index (χ0v) is 8.25. The Hall–Kier alpha value is -0.330. The molecule has 0 aromatic carbocycles. The summed E-state index contributed by atoms with van der Waals surface area (Å²) in [7, 11) is 0. The van der Waals surface area contributed by atoms with Gasteiger partial charge in [0.25, 0.3) is 11.9 Å². The quantitative estimate of drug-likeness (QED) is 0.508. The Bertz CT molecular complexity index is 71.6. The molecule has 0 aromatic heterocycles. The van der Waals surface area contributed by atoms with Crippen molar-refractivity contribution in [1.29, 1.82) is 0 Å². The van der Waals surface area contributed by atoms with Crippen LogP contribution in [0.5, 0.6) is 0 Å². The van der Waals surface area contributed by atoms with Crippen molar-refractivity contribution in [3.63, 3.8) is 0 Å². The van der Waals surface area contributed by atoms with Crippen LogP contribution < -0.4 is 0 Å². The van der Waals surface area contributed by atoms with Gasteiger partial charge >= 0.3 is 0 Å². The van der Waals surface area contributed by atoms with Crippen molar-refractivity contribution in [1.82, 2.24) is 0 Å². The molecule has 5 heteroatoms. The van der Waals surface area contributed by atoms with Crippen molar-refractivity contribution in [3.8, 4) is 0 Å². The summed E-state index contributed by atoms with van der Waals surface area (Å²) in [4.78, 5) is 20.0. The number of hydrogen-bond donors (Lipinski definition) is 2. The molecule has 0 aromatic rings. The summed E-state index contributed by atoms with van der Waals surface area (Å²) in [6, 6.07) is 0. The zero-order chi connectivity index (χ0) is 9.15. The first kappa shape index (κ1) is 16.3. The number of alkyl halides is 1. The third-order valence-electron chi connectivity index (χ3n) is 0. The van der Waals surface area contributed by atoms with Crippen LogP contribution >= 0.6 is 22.6 Å². The normalized spacial score (nSPS) is 5.60. The fraction of sp³-hybridized carbons (Fsp3) is 0.600. The van der Waals surface area contributed by atoms with Crippen LogP contribution in [0.1, 0.15) is 13.8 Å². The monoisotopic (exact) mass is 262 g/mol. The van der Waals surface area contributed by atoms with Crippen LogP contribution in [0.15, 0.2) is 0 Å². The van der Waals surface area contributed by atoms with E-state index in [0.717, 1.165) is 13.8 Å². The van der Waals surface area contributed by atoms with Crippen LogP contribution in [-0.2, 0) is 9.59 Å². The first-order valence-corrected chi connectivity index (χ1v) is 4.39. The molecule has 0 saturated carbocycles. The summed E-state index contributed by atoms with van der Waals surface area (Å²) in [5.74, 6) is -1.67. The maximum atomic E-state index is 9.00. The fourth-order valence-corrected chi connectivity index (χ4v) is 0. The molecule has 62 valence electrons. The van der Waals surface area contributed by atoms with E-state index >= 15 is 0 Å². The Morgan fingerprint density at radius 1 is 1.00 bits per heavy atom. The molecule has 0 unspecified atom stereocenters. The minimum Gasteiger partial charge on any atom is -0.481 e. The maximum Gasteiger partial charge on any atom is 0.300 e. The van der Waals surface area contributed by atoms with Crippen molar-refractivity contribution in [3.05, 3.63) is 0 Å². The summed E-state index contributed by atoms with van der Waals surface area (Å²) in [6.45, 7) is 2.17. The molecule has 0 atom stereocenters. The molecule has 2 N–H and O–H groups in total. The molecule has 0 aliphatic heterocycles. The Morgan fingerprint density at radius 3 is 1.00 bits per heavy atom. The molecule has 0 fully saturated rings. The Labute approximate surface area is 73.4 Å². The molecule has 10 heavy (non-hydrogen) atoms. The van der Waals surface area contributed by atoms with E-state index in [2.05, 4.69) is 22.6 Å². The Kier molecular flexibility index (Phi) is 25.9. The second-order valence-electron chi connectivity index (χ2n) is 1.04. The molecule has 0 spiro atoms. The zero-order valence-electron chi connectivity index (χ0n) is 6.09. The second-order valence-corrected chi connectivity index (χ2v) is 1.04. The minimum atomic E-state index is -0.833. The van der Waals surface area contributed by atoms with E-state index in [1.807, 2.05) is 4.93 Å². The van der Waals surface area contributed by atoms with Gasteiger partial charge in [-0.15, -0.1) is 0 Å².